The first-order chi connectivity index (χ1) is 22.7. The number of hydrogen-bond acceptors (Lipinski definition) is 1. The lowest BCUT2D eigenvalue weighted by Crippen LogP contribution is -2.18. The van der Waals surface area contributed by atoms with E-state index in [-0.39, 0.29) is 10.8 Å². The largest absolute Gasteiger partial charge is 0.456 e. The van der Waals surface area contributed by atoms with Crippen molar-refractivity contribution >= 4 is 21.9 Å². The smallest absolute Gasteiger partial charge is 0.135 e. The predicted molar refractivity (Wildman–Crippen MR) is 201 cm³/mol. The maximum absolute atomic E-state index is 5.73. The molecule has 0 bridgehead atoms. The number of rotatable bonds is 1. The van der Waals surface area contributed by atoms with Gasteiger partial charge in [0.25, 0.3) is 0 Å². The second kappa shape index (κ2) is 11.7. The Bertz CT molecular complexity index is 2260. The van der Waals surface area contributed by atoms with Gasteiger partial charge in [-0.2, -0.15) is 0 Å². The van der Waals surface area contributed by atoms with E-state index in [9.17, 15) is 0 Å². The summed E-state index contributed by atoms with van der Waals surface area (Å²) in [5.74, 6) is 0. The Labute approximate surface area is 279 Å². The molecule has 6 aromatic carbocycles. The molecule has 1 heteroatoms. The summed E-state index contributed by atoms with van der Waals surface area (Å²) >= 11 is 0. The molecule has 1 nitrogen and oxygen atoms in total. The molecule has 1 atom stereocenters. The number of furan rings is 1. The zero-order chi connectivity index (χ0) is 32.9. The zero-order valence-electron chi connectivity index (χ0n) is 28.7. The fourth-order valence-corrected chi connectivity index (χ4v) is 8.26. The van der Waals surface area contributed by atoms with Crippen molar-refractivity contribution in [3.63, 3.8) is 0 Å². The third-order valence-corrected chi connectivity index (χ3v) is 10.8. The number of hydrogen-bond donors (Lipinski definition) is 0. The standard InChI is InChI=1S/C17H18.C16H16.C13H10O/c1-4-17(3)14-10-6-5-9-13(14)16-12(2)8-7-11-15(16)17;1-11-7-6-9-13-12-8-4-5-10-14(12)16(2,3)15(11)13;1-9-5-4-8-12-13(9)10-6-2-3-7-11(10)14-12/h5-11H,4H2,1-3H3;4-10H,1-3H3;2-8H,1H3. The Morgan fingerprint density at radius 2 is 1.04 bits per heavy atom. The predicted octanol–water partition coefficient (Wildman–Crippen LogP) is 12.9. The van der Waals surface area contributed by atoms with E-state index in [0.29, 0.717) is 0 Å². The fourth-order valence-electron chi connectivity index (χ4n) is 8.26. The topological polar surface area (TPSA) is 13.1 Å². The van der Waals surface area contributed by atoms with E-state index in [2.05, 4.69) is 146 Å². The molecule has 0 radical (unpaired) electrons. The van der Waals surface area contributed by atoms with Crippen LogP contribution in [-0.4, -0.2) is 0 Å². The van der Waals surface area contributed by atoms with Crippen molar-refractivity contribution in [2.75, 3.05) is 0 Å². The SMILES string of the molecule is CCC1(C)c2ccccc2-c2c(C)cccc21.Cc1cccc2c1C(C)(C)c1ccccc1-2.Cc1cccc2oc3ccccc3c12. The summed E-state index contributed by atoms with van der Waals surface area (Å²) in [6.07, 6.45) is 1.15. The third-order valence-electron chi connectivity index (χ3n) is 10.8. The van der Waals surface area contributed by atoms with E-state index in [4.69, 9.17) is 4.42 Å². The van der Waals surface area contributed by atoms with Gasteiger partial charge in [-0.15, -0.1) is 0 Å². The summed E-state index contributed by atoms with van der Waals surface area (Å²) in [6, 6.07) is 45.3. The minimum atomic E-state index is 0.150. The first-order valence-electron chi connectivity index (χ1n) is 16.9. The monoisotopic (exact) mass is 612 g/mol. The van der Waals surface area contributed by atoms with Gasteiger partial charge in [0.2, 0.25) is 0 Å². The van der Waals surface area contributed by atoms with E-state index in [0.717, 1.165) is 17.6 Å². The second-order valence-corrected chi connectivity index (χ2v) is 13.9. The Balaban J connectivity index is 0.000000113. The number of benzene rings is 6. The van der Waals surface area contributed by atoms with Gasteiger partial charge in [0.05, 0.1) is 0 Å². The van der Waals surface area contributed by atoms with Gasteiger partial charge in [0.1, 0.15) is 11.2 Å². The van der Waals surface area contributed by atoms with Gasteiger partial charge in [-0.25, -0.2) is 0 Å². The van der Waals surface area contributed by atoms with E-state index in [1.807, 2.05) is 30.3 Å². The van der Waals surface area contributed by atoms with E-state index < -0.39 is 0 Å². The van der Waals surface area contributed by atoms with E-state index in [1.54, 1.807) is 0 Å². The minimum Gasteiger partial charge on any atom is -0.456 e. The molecule has 2 aliphatic carbocycles. The molecule has 0 aliphatic heterocycles. The molecule has 9 rings (SSSR count). The summed E-state index contributed by atoms with van der Waals surface area (Å²) in [4.78, 5) is 0. The Morgan fingerprint density at radius 1 is 0.489 bits per heavy atom. The first kappa shape index (κ1) is 30.8. The summed E-state index contributed by atoms with van der Waals surface area (Å²) in [7, 11) is 0. The van der Waals surface area contributed by atoms with Crippen LogP contribution in [0.4, 0.5) is 0 Å². The van der Waals surface area contributed by atoms with Crippen LogP contribution in [-0.2, 0) is 10.8 Å². The minimum absolute atomic E-state index is 0.150. The lowest BCUT2D eigenvalue weighted by molar-refractivity contribution is 0.564. The van der Waals surface area contributed by atoms with Gasteiger partial charge in [0, 0.05) is 21.6 Å². The average molecular weight is 613 g/mol. The van der Waals surface area contributed by atoms with Crippen molar-refractivity contribution in [2.45, 2.75) is 65.7 Å². The number of fused-ring (bicyclic) bond motifs is 9. The van der Waals surface area contributed by atoms with Gasteiger partial charge in [0.15, 0.2) is 0 Å². The molecular weight excluding hydrogens is 569 g/mol. The maximum Gasteiger partial charge on any atom is 0.135 e. The van der Waals surface area contributed by atoms with Gasteiger partial charge >= 0.3 is 0 Å². The number of aryl methyl sites for hydroxylation is 3. The molecule has 0 spiro atoms. The molecule has 0 saturated carbocycles. The highest BCUT2D eigenvalue weighted by atomic mass is 16.3. The molecule has 7 aromatic rings. The van der Waals surface area contributed by atoms with Crippen LogP contribution in [0.15, 0.2) is 132 Å². The van der Waals surface area contributed by atoms with Gasteiger partial charge in [-0.05, 0) is 101 Å². The molecule has 0 N–H and O–H groups in total. The van der Waals surface area contributed by atoms with Crippen LogP contribution in [0.2, 0.25) is 0 Å². The lowest BCUT2D eigenvalue weighted by Gasteiger charge is -2.25. The van der Waals surface area contributed by atoms with Gasteiger partial charge < -0.3 is 4.42 Å². The molecule has 1 heterocycles. The maximum atomic E-state index is 5.73. The fraction of sp³-hybridized carbons (Fsp3) is 0.217. The quantitative estimate of drug-likeness (QED) is 0.180. The van der Waals surface area contributed by atoms with Crippen molar-refractivity contribution in [1.29, 1.82) is 0 Å². The average Bonchev–Trinajstić information content (AvgIpc) is 3.68. The van der Waals surface area contributed by atoms with Gasteiger partial charge in [-0.1, -0.05) is 143 Å². The molecule has 1 aromatic heterocycles. The Morgan fingerprint density at radius 3 is 1.83 bits per heavy atom. The lowest BCUT2D eigenvalue weighted by atomic mass is 9.78. The molecule has 47 heavy (non-hydrogen) atoms. The molecule has 0 amide bonds. The number of para-hydroxylation sites is 1. The van der Waals surface area contributed by atoms with E-state index in [1.165, 1.54) is 72.0 Å². The van der Waals surface area contributed by atoms with Crippen molar-refractivity contribution in [2.24, 2.45) is 0 Å². The summed E-state index contributed by atoms with van der Waals surface area (Å²) in [5, 5.41) is 2.45. The first-order valence-corrected chi connectivity index (χ1v) is 16.9. The molecule has 1 unspecified atom stereocenters. The Hall–Kier alpha value is -4.88. The third kappa shape index (κ3) is 4.92. The highest BCUT2D eigenvalue weighted by Crippen LogP contribution is 2.52. The van der Waals surface area contributed by atoms with Gasteiger partial charge in [-0.3, -0.25) is 0 Å². The van der Waals surface area contributed by atoms with Crippen LogP contribution in [0.5, 0.6) is 0 Å². The van der Waals surface area contributed by atoms with Crippen molar-refractivity contribution in [1.82, 2.24) is 0 Å². The van der Waals surface area contributed by atoms with Crippen LogP contribution in [0.3, 0.4) is 0 Å². The summed E-state index contributed by atoms with van der Waals surface area (Å²) in [6.45, 7) is 15.9. The normalized spacial score (nSPS) is 16.3. The Kier molecular flexibility index (Phi) is 7.68. The molecule has 2 aliphatic rings. The van der Waals surface area contributed by atoms with E-state index >= 15 is 0 Å². The molecule has 234 valence electrons. The van der Waals surface area contributed by atoms with Crippen LogP contribution in [0, 0.1) is 20.8 Å². The summed E-state index contributed by atoms with van der Waals surface area (Å²) < 4.78 is 5.73. The highest BCUT2D eigenvalue weighted by Gasteiger charge is 2.38. The van der Waals surface area contributed by atoms with Crippen LogP contribution in [0.25, 0.3) is 44.2 Å². The van der Waals surface area contributed by atoms with Crippen molar-refractivity contribution < 1.29 is 4.42 Å². The molecule has 0 fully saturated rings. The van der Waals surface area contributed by atoms with Crippen molar-refractivity contribution in [3.05, 3.63) is 166 Å². The van der Waals surface area contributed by atoms with Crippen LogP contribution >= 0.6 is 0 Å². The van der Waals surface area contributed by atoms with Crippen LogP contribution < -0.4 is 0 Å². The second-order valence-electron chi connectivity index (χ2n) is 13.9. The molecular formula is C46H44O. The van der Waals surface area contributed by atoms with Crippen LogP contribution in [0.1, 0.15) is 73.1 Å². The summed E-state index contributed by atoms with van der Waals surface area (Å²) in [5.41, 5.74) is 18.0. The molecule has 0 saturated heterocycles. The zero-order valence-corrected chi connectivity index (χ0v) is 28.7. The van der Waals surface area contributed by atoms with Crippen molar-refractivity contribution in [3.8, 4) is 22.3 Å². The highest BCUT2D eigenvalue weighted by molar-refractivity contribution is 6.06.